The van der Waals surface area contributed by atoms with Gasteiger partial charge in [-0.1, -0.05) is 18.2 Å². The molecule has 34 heavy (non-hydrogen) atoms. The highest BCUT2D eigenvalue weighted by Gasteiger charge is 2.11. The smallest absolute Gasteiger partial charge is 0.351 e. The average Bonchev–Trinajstić information content (AvgIpc) is 2.83. The van der Waals surface area contributed by atoms with Gasteiger partial charge < -0.3 is 14.2 Å². The Labute approximate surface area is 194 Å². The van der Waals surface area contributed by atoms with Crippen LogP contribution >= 0.6 is 0 Å². The quantitative estimate of drug-likeness (QED) is 0.373. The fraction of sp³-hybridized carbons (Fsp3) is 0.208. The number of methoxy groups -OCH3 is 1. The van der Waals surface area contributed by atoms with E-state index >= 15 is 0 Å². The van der Waals surface area contributed by atoms with Crippen LogP contribution in [0.2, 0.25) is 0 Å². The van der Waals surface area contributed by atoms with Crippen molar-refractivity contribution in [3.8, 4) is 23.5 Å². The van der Waals surface area contributed by atoms with Crippen LogP contribution in [-0.2, 0) is 13.0 Å². The Morgan fingerprint density at radius 3 is 2.47 bits per heavy atom. The standard InChI is InChI=1S/C24H22FN5O4/c1-16-4-3-5-21(28-16)34-19-8-6-17(7-9-19)10-11-33-22-20(25)15-30(24(31)29-22)14-18-12-26-23(32-2)27-13-18/h3-9,12-13,15H,10-11,14H2,1-2H3. The van der Waals surface area contributed by atoms with Crippen molar-refractivity contribution in [2.45, 2.75) is 19.9 Å². The van der Waals surface area contributed by atoms with E-state index in [0.717, 1.165) is 22.0 Å². The maximum atomic E-state index is 14.4. The zero-order valence-corrected chi connectivity index (χ0v) is 18.6. The molecule has 3 aromatic heterocycles. The maximum absolute atomic E-state index is 14.4. The summed E-state index contributed by atoms with van der Waals surface area (Å²) in [6.45, 7) is 2.12. The van der Waals surface area contributed by atoms with Gasteiger partial charge in [-0.2, -0.15) is 9.37 Å². The third-order valence-electron chi connectivity index (χ3n) is 4.77. The molecule has 10 heteroatoms. The molecule has 1 aromatic carbocycles. The van der Waals surface area contributed by atoms with Gasteiger partial charge in [-0.3, -0.25) is 4.57 Å². The van der Waals surface area contributed by atoms with Crippen molar-refractivity contribution in [1.82, 2.24) is 24.5 Å². The largest absolute Gasteiger partial charge is 0.475 e. The normalized spacial score (nSPS) is 10.7. The van der Waals surface area contributed by atoms with E-state index in [-0.39, 0.29) is 25.0 Å². The van der Waals surface area contributed by atoms with E-state index < -0.39 is 11.5 Å². The Morgan fingerprint density at radius 1 is 1.00 bits per heavy atom. The molecule has 4 rings (SSSR count). The van der Waals surface area contributed by atoms with Crippen LogP contribution in [-0.4, -0.2) is 38.2 Å². The van der Waals surface area contributed by atoms with Crippen molar-refractivity contribution >= 4 is 0 Å². The first-order chi connectivity index (χ1) is 16.5. The lowest BCUT2D eigenvalue weighted by molar-refractivity contribution is 0.287. The van der Waals surface area contributed by atoms with Gasteiger partial charge in [-0.25, -0.2) is 19.7 Å². The van der Waals surface area contributed by atoms with Gasteiger partial charge in [0.05, 0.1) is 26.5 Å². The first-order valence-corrected chi connectivity index (χ1v) is 10.5. The summed E-state index contributed by atoms with van der Waals surface area (Å²) in [5.41, 5.74) is 1.79. The molecule has 174 valence electrons. The lowest BCUT2D eigenvalue weighted by atomic mass is 10.1. The zero-order chi connectivity index (χ0) is 23.9. The molecule has 0 amide bonds. The molecule has 0 saturated heterocycles. The van der Waals surface area contributed by atoms with Crippen LogP contribution in [0.1, 0.15) is 16.8 Å². The molecular weight excluding hydrogens is 441 g/mol. The van der Waals surface area contributed by atoms with Crippen LogP contribution in [0.4, 0.5) is 4.39 Å². The number of aromatic nitrogens is 5. The van der Waals surface area contributed by atoms with Gasteiger partial charge >= 0.3 is 11.7 Å². The number of hydrogen-bond donors (Lipinski definition) is 0. The van der Waals surface area contributed by atoms with Gasteiger partial charge in [-0.05, 0) is 30.7 Å². The molecule has 0 saturated carbocycles. The number of pyridine rings is 1. The summed E-state index contributed by atoms with van der Waals surface area (Å²) < 4.78 is 31.6. The van der Waals surface area contributed by atoms with Crippen LogP contribution in [0.15, 0.2) is 65.8 Å². The molecule has 0 aliphatic heterocycles. The minimum Gasteiger partial charge on any atom is -0.475 e. The molecule has 0 unspecified atom stereocenters. The van der Waals surface area contributed by atoms with Crippen LogP contribution in [0.3, 0.4) is 0 Å². The van der Waals surface area contributed by atoms with Gasteiger partial charge in [-0.15, -0.1) is 0 Å². The van der Waals surface area contributed by atoms with E-state index in [9.17, 15) is 9.18 Å². The maximum Gasteiger partial charge on any atom is 0.351 e. The number of ether oxygens (including phenoxy) is 3. The molecule has 0 aliphatic rings. The van der Waals surface area contributed by atoms with Crippen molar-refractivity contribution in [3.63, 3.8) is 0 Å². The molecular formula is C24H22FN5O4. The summed E-state index contributed by atoms with van der Waals surface area (Å²) in [6, 6.07) is 13.2. The zero-order valence-electron chi connectivity index (χ0n) is 18.6. The van der Waals surface area contributed by atoms with Crippen molar-refractivity contribution in [3.05, 3.63) is 94.2 Å². The van der Waals surface area contributed by atoms with E-state index in [2.05, 4.69) is 19.9 Å². The van der Waals surface area contributed by atoms with Gasteiger partial charge in [0, 0.05) is 36.1 Å². The third-order valence-corrected chi connectivity index (χ3v) is 4.77. The van der Waals surface area contributed by atoms with E-state index in [1.165, 1.54) is 19.5 Å². The van der Waals surface area contributed by atoms with Gasteiger partial charge in [0.2, 0.25) is 11.7 Å². The summed E-state index contributed by atoms with van der Waals surface area (Å²) in [7, 11) is 1.45. The second kappa shape index (κ2) is 10.5. The monoisotopic (exact) mass is 463 g/mol. The Bertz CT molecular complexity index is 1310. The molecule has 0 aliphatic carbocycles. The molecule has 0 spiro atoms. The molecule has 0 fully saturated rings. The topological polar surface area (TPSA) is 101 Å². The number of hydrogen-bond acceptors (Lipinski definition) is 8. The summed E-state index contributed by atoms with van der Waals surface area (Å²) in [6.07, 6.45) is 4.54. The fourth-order valence-electron chi connectivity index (χ4n) is 3.08. The molecule has 0 bridgehead atoms. The number of aryl methyl sites for hydroxylation is 1. The van der Waals surface area contributed by atoms with Crippen LogP contribution in [0, 0.1) is 12.7 Å². The Balaban J connectivity index is 1.32. The highest BCUT2D eigenvalue weighted by atomic mass is 19.1. The Hall–Kier alpha value is -4.34. The minimum atomic E-state index is -0.733. The van der Waals surface area contributed by atoms with Crippen LogP contribution < -0.4 is 19.9 Å². The van der Waals surface area contributed by atoms with Crippen molar-refractivity contribution in [1.29, 1.82) is 0 Å². The molecule has 9 nitrogen and oxygen atoms in total. The molecule has 0 radical (unpaired) electrons. The van der Waals surface area contributed by atoms with E-state index in [1.807, 2.05) is 43.3 Å². The predicted octanol–water partition coefficient (Wildman–Crippen LogP) is 3.35. The van der Waals surface area contributed by atoms with Crippen molar-refractivity contribution < 1.29 is 18.6 Å². The molecule has 4 aromatic rings. The van der Waals surface area contributed by atoms with Gasteiger partial charge in [0.25, 0.3) is 5.88 Å². The Kier molecular flexibility index (Phi) is 7.07. The van der Waals surface area contributed by atoms with Gasteiger partial charge in [0.1, 0.15) is 5.75 Å². The highest BCUT2D eigenvalue weighted by Crippen LogP contribution is 2.20. The first-order valence-electron chi connectivity index (χ1n) is 10.5. The minimum absolute atomic E-state index is 0.0690. The van der Waals surface area contributed by atoms with Crippen molar-refractivity contribution in [2.24, 2.45) is 0 Å². The van der Waals surface area contributed by atoms with E-state index in [4.69, 9.17) is 14.2 Å². The average molecular weight is 463 g/mol. The number of rotatable bonds is 9. The van der Waals surface area contributed by atoms with Crippen LogP contribution in [0.25, 0.3) is 0 Å². The lowest BCUT2D eigenvalue weighted by Crippen LogP contribution is -2.25. The van der Waals surface area contributed by atoms with Gasteiger partial charge in [0.15, 0.2) is 0 Å². The highest BCUT2D eigenvalue weighted by molar-refractivity contribution is 5.31. The van der Waals surface area contributed by atoms with Crippen molar-refractivity contribution in [2.75, 3.05) is 13.7 Å². The lowest BCUT2D eigenvalue weighted by Gasteiger charge is -2.10. The summed E-state index contributed by atoms with van der Waals surface area (Å²) >= 11 is 0. The summed E-state index contributed by atoms with van der Waals surface area (Å²) in [5.74, 6) is 0.106. The summed E-state index contributed by atoms with van der Waals surface area (Å²) in [5, 5.41) is 0. The first kappa shape index (κ1) is 22.8. The van der Waals surface area contributed by atoms with E-state index in [1.54, 1.807) is 6.07 Å². The molecule has 0 N–H and O–H groups in total. The SMILES string of the molecule is COc1ncc(Cn2cc(F)c(OCCc3ccc(Oc4cccc(C)n4)cc3)nc2=O)cn1. The molecule has 0 atom stereocenters. The second-order valence-electron chi connectivity index (χ2n) is 7.34. The third kappa shape index (κ3) is 5.91. The number of nitrogens with zero attached hydrogens (tertiary/aromatic N) is 5. The summed E-state index contributed by atoms with van der Waals surface area (Å²) in [4.78, 5) is 28.2. The predicted molar refractivity (Wildman–Crippen MR) is 121 cm³/mol. The van der Waals surface area contributed by atoms with Crippen LogP contribution in [0.5, 0.6) is 23.5 Å². The Morgan fingerprint density at radius 2 is 1.76 bits per heavy atom. The second-order valence-corrected chi connectivity index (χ2v) is 7.34. The molecule has 3 heterocycles. The fourth-order valence-corrected chi connectivity index (χ4v) is 3.08. The number of benzene rings is 1. The van der Waals surface area contributed by atoms with E-state index in [0.29, 0.717) is 23.6 Å². The number of halogens is 1.